The van der Waals surface area contributed by atoms with Crippen molar-refractivity contribution in [2.45, 2.75) is 6.18 Å². The first-order valence-corrected chi connectivity index (χ1v) is 5.79. The molecule has 2 rings (SSSR count). The zero-order chi connectivity index (χ0) is 15.6. The molecule has 112 valence electrons. The van der Waals surface area contributed by atoms with Crippen LogP contribution in [0.25, 0.3) is 11.3 Å². The molecule has 1 aromatic carbocycles. The molecule has 0 aliphatic carbocycles. The van der Waals surface area contributed by atoms with E-state index >= 15 is 0 Å². The predicted octanol–water partition coefficient (Wildman–Crippen LogP) is 2.76. The van der Waals surface area contributed by atoms with E-state index < -0.39 is 17.8 Å². The third kappa shape index (κ3) is 3.15. The van der Waals surface area contributed by atoms with Crippen LogP contribution in [0.2, 0.25) is 0 Å². The Labute approximate surface area is 118 Å². The highest BCUT2D eigenvalue weighted by Crippen LogP contribution is 2.35. The number of hydrogen-bond donors (Lipinski definition) is 1. The van der Waals surface area contributed by atoms with E-state index in [0.29, 0.717) is 17.1 Å². The fraction of sp³-hybridized carbons (Fsp3) is 0.231. The van der Waals surface area contributed by atoms with Crippen LogP contribution >= 0.6 is 0 Å². The summed E-state index contributed by atoms with van der Waals surface area (Å²) in [5.74, 6) is 0.336. The van der Waals surface area contributed by atoms with Crippen LogP contribution in [0.5, 0.6) is 11.5 Å². The fourth-order valence-electron chi connectivity index (χ4n) is 1.76. The topological polar surface area (TPSA) is 70.3 Å². The SMILES string of the molecule is COc1ccc(OC)c(-c2cc(C(F)(F)F)nc(N)n2)c1. The van der Waals surface area contributed by atoms with Gasteiger partial charge in [-0.15, -0.1) is 0 Å². The van der Waals surface area contributed by atoms with Gasteiger partial charge in [-0.05, 0) is 24.3 Å². The second kappa shape index (κ2) is 5.47. The summed E-state index contributed by atoms with van der Waals surface area (Å²) >= 11 is 0. The number of nitrogen functional groups attached to an aromatic ring is 1. The number of nitrogens with two attached hydrogens (primary N) is 1. The summed E-state index contributed by atoms with van der Waals surface area (Å²) in [6, 6.07) is 5.52. The molecule has 2 aromatic rings. The highest BCUT2D eigenvalue weighted by atomic mass is 19.4. The van der Waals surface area contributed by atoms with Gasteiger partial charge in [0.1, 0.15) is 11.5 Å². The largest absolute Gasteiger partial charge is 0.497 e. The van der Waals surface area contributed by atoms with Gasteiger partial charge < -0.3 is 15.2 Å². The number of methoxy groups -OCH3 is 2. The molecular weight excluding hydrogens is 287 g/mol. The Morgan fingerprint density at radius 1 is 1.05 bits per heavy atom. The number of rotatable bonds is 3. The van der Waals surface area contributed by atoms with Crippen molar-refractivity contribution in [2.75, 3.05) is 20.0 Å². The van der Waals surface area contributed by atoms with Gasteiger partial charge in [0, 0.05) is 5.56 Å². The van der Waals surface area contributed by atoms with Crippen LogP contribution in [0.1, 0.15) is 5.69 Å². The van der Waals surface area contributed by atoms with E-state index in [1.807, 2.05) is 0 Å². The van der Waals surface area contributed by atoms with Gasteiger partial charge in [0.2, 0.25) is 5.95 Å². The molecule has 1 aromatic heterocycles. The maximum atomic E-state index is 12.8. The molecule has 0 aliphatic heterocycles. The van der Waals surface area contributed by atoms with Crippen molar-refractivity contribution < 1.29 is 22.6 Å². The van der Waals surface area contributed by atoms with E-state index in [2.05, 4.69) is 9.97 Å². The minimum Gasteiger partial charge on any atom is -0.497 e. The molecule has 0 unspecified atom stereocenters. The Kier molecular flexibility index (Phi) is 3.88. The van der Waals surface area contributed by atoms with Crippen LogP contribution in [0.3, 0.4) is 0 Å². The maximum absolute atomic E-state index is 12.8. The Morgan fingerprint density at radius 2 is 1.76 bits per heavy atom. The molecule has 0 amide bonds. The van der Waals surface area contributed by atoms with E-state index in [1.165, 1.54) is 20.3 Å². The number of halogens is 3. The van der Waals surface area contributed by atoms with Gasteiger partial charge in [0.05, 0.1) is 19.9 Å². The number of ether oxygens (including phenoxy) is 2. The lowest BCUT2D eigenvalue weighted by atomic mass is 10.1. The summed E-state index contributed by atoms with van der Waals surface area (Å²) in [5.41, 5.74) is 4.58. The summed E-state index contributed by atoms with van der Waals surface area (Å²) in [7, 11) is 2.85. The first-order chi connectivity index (χ1) is 9.85. The predicted molar refractivity (Wildman–Crippen MR) is 70.0 cm³/mol. The average Bonchev–Trinajstić information content (AvgIpc) is 2.45. The van der Waals surface area contributed by atoms with Crippen LogP contribution in [-0.4, -0.2) is 24.2 Å². The summed E-state index contributed by atoms with van der Waals surface area (Å²) in [6.45, 7) is 0. The van der Waals surface area contributed by atoms with Crippen molar-refractivity contribution in [3.05, 3.63) is 30.0 Å². The maximum Gasteiger partial charge on any atom is 0.433 e. The van der Waals surface area contributed by atoms with E-state index in [4.69, 9.17) is 15.2 Å². The van der Waals surface area contributed by atoms with Crippen molar-refractivity contribution >= 4 is 5.95 Å². The molecule has 0 saturated carbocycles. The molecule has 0 atom stereocenters. The third-order valence-corrected chi connectivity index (χ3v) is 2.72. The van der Waals surface area contributed by atoms with E-state index in [0.717, 1.165) is 6.07 Å². The van der Waals surface area contributed by atoms with E-state index in [-0.39, 0.29) is 5.69 Å². The molecule has 0 radical (unpaired) electrons. The van der Waals surface area contributed by atoms with Gasteiger partial charge in [-0.2, -0.15) is 13.2 Å². The minimum atomic E-state index is -4.61. The van der Waals surface area contributed by atoms with Gasteiger partial charge in [0.15, 0.2) is 5.69 Å². The number of aromatic nitrogens is 2. The number of anilines is 1. The smallest absolute Gasteiger partial charge is 0.433 e. The van der Waals surface area contributed by atoms with Crippen LogP contribution in [0, 0.1) is 0 Å². The van der Waals surface area contributed by atoms with Gasteiger partial charge >= 0.3 is 6.18 Å². The molecule has 0 spiro atoms. The monoisotopic (exact) mass is 299 g/mol. The molecule has 2 N–H and O–H groups in total. The third-order valence-electron chi connectivity index (χ3n) is 2.72. The zero-order valence-corrected chi connectivity index (χ0v) is 11.2. The zero-order valence-electron chi connectivity index (χ0n) is 11.2. The average molecular weight is 299 g/mol. The molecule has 0 aliphatic rings. The highest BCUT2D eigenvalue weighted by molar-refractivity contribution is 5.70. The second-order valence-corrected chi connectivity index (χ2v) is 4.06. The number of hydrogen-bond acceptors (Lipinski definition) is 5. The summed E-state index contributed by atoms with van der Waals surface area (Å²) in [4.78, 5) is 7.03. The highest BCUT2D eigenvalue weighted by Gasteiger charge is 2.33. The lowest BCUT2D eigenvalue weighted by Gasteiger charge is -2.12. The lowest BCUT2D eigenvalue weighted by Crippen LogP contribution is -2.11. The fourth-order valence-corrected chi connectivity index (χ4v) is 1.76. The summed E-state index contributed by atoms with van der Waals surface area (Å²) < 4.78 is 48.5. The van der Waals surface area contributed by atoms with Crippen LogP contribution in [0.15, 0.2) is 24.3 Å². The van der Waals surface area contributed by atoms with Gasteiger partial charge in [-0.25, -0.2) is 9.97 Å². The van der Waals surface area contributed by atoms with E-state index in [1.54, 1.807) is 12.1 Å². The number of benzene rings is 1. The van der Waals surface area contributed by atoms with Crippen molar-refractivity contribution in [3.8, 4) is 22.8 Å². The van der Waals surface area contributed by atoms with Crippen LogP contribution in [0.4, 0.5) is 19.1 Å². The Balaban J connectivity index is 2.63. The van der Waals surface area contributed by atoms with Gasteiger partial charge in [0.25, 0.3) is 0 Å². The van der Waals surface area contributed by atoms with Crippen molar-refractivity contribution in [2.24, 2.45) is 0 Å². The van der Waals surface area contributed by atoms with Crippen molar-refractivity contribution in [1.82, 2.24) is 9.97 Å². The molecular formula is C13H12F3N3O2. The van der Waals surface area contributed by atoms with E-state index in [9.17, 15) is 13.2 Å². The molecule has 0 saturated heterocycles. The normalized spacial score (nSPS) is 11.3. The van der Waals surface area contributed by atoms with Gasteiger partial charge in [-0.3, -0.25) is 0 Å². The molecule has 5 nitrogen and oxygen atoms in total. The number of nitrogens with zero attached hydrogens (tertiary/aromatic N) is 2. The van der Waals surface area contributed by atoms with Gasteiger partial charge in [-0.1, -0.05) is 0 Å². The molecule has 21 heavy (non-hydrogen) atoms. The first kappa shape index (κ1) is 14.9. The molecule has 1 heterocycles. The molecule has 0 fully saturated rings. The Bertz CT molecular complexity index is 660. The van der Waals surface area contributed by atoms with Crippen LogP contribution in [-0.2, 0) is 6.18 Å². The standard InChI is InChI=1S/C13H12F3N3O2/c1-20-7-3-4-10(21-2)8(5-7)9-6-11(13(14,15)16)19-12(17)18-9/h3-6H,1-2H3,(H2,17,18,19). The molecule has 0 bridgehead atoms. The Morgan fingerprint density at radius 3 is 2.33 bits per heavy atom. The minimum absolute atomic E-state index is 0.00516. The Hall–Kier alpha value is -2.51. The van der Waals surface area contributed by atoms with Crippen molar-refractivity contribution in [1.29, 1.82) is 0 Å². The van der Waals surface area contributed by atoms with Crippen LogP contribution < -0.4 is 15.2 Å². The summed E-state index contributed by atoms with van der Waals surface area (Å²) in [5, 5.41) is 0. The lowest BCUT2D eigenvalue weighted by molar-refractivity contribution is -0.141. The molecule has 8 heteroatoms. The second-order valence-electron chi connectivity index (χ2n) is 4.06. The quantitative estimate of drug-likeness (QED) is 0.943. The number of alkyl halides is 3. The summed E-state index contributed by atoms with van der Waals surface area (Å²) in [6.07, 6.45) is -4.61. The first-order valence-electron chi connectivity index (χ1n) is 5.79. The van der Waals surface area contributed by atoms with Crippen molar-refractivity contribution in [3.63, 3.8) is 0 Å².